The van der Waals surface area contributed by atoms with Crippen LogP contribution in [0, 0.1) is 5.92 Å². The van der Waals surface area contributed by atoms with Crippen LogP contribution in [0.2, 0.25) is 0 Å². The summed E-state index contributed by atoms with van der Waals surface area (Å²) in [6, 6.07) is 9.55. The lowest BCUT2D eigenvalue weighted by molar-refractivity contribution is -0.274. The molecule has 3 aromatic rings. The molecule has 26 heavy (non-hydrogen) atoms. The van der Waals surface area contributed by atoms with Gasteiger partial charge >= 0.3 is 6.36 Å². The largest absolute Gasteiger partial charge is 0.573 e. The Bertz CT molecular complexity index is 994. The van der Waals surface area contributed by atoms with Gasteiger partial charge < -0.3 is 4.74 Å². The monoisotopic (exact) mass is 360 g/mol. The SMILES string of the molecule is CC1C[C@@H]1c1cc(OC(F)(F)F)ccc1-n1ncc2cc(C=O)ccc21. The summed E-state index contributed by atoms with van der Waals surface area (Å²) in [6.07, 6.45) is -1.41. The van der Waals surface area contributed by atoms with Crippen molar-refractivity contribution in [3.63, 3.8) is 0 Å². The summed E-state index contributed by atoms with van der Waals surface area (Å²) in [5.41, 5.74) is 2.84. The first kappa shape index (κ1) is 16.6. The second-order valence-electron chi connectivity index (χ2n) is 6.58. The van der Waals surface area contributed by atoms with Gasteiger partial charge in [-0.25, -0.2) is 4.68 Å². The van der Waals surface area contributed by atoms with Crippen molar-refractivity contribution in [2.75, 3.05) is 0 Å². The normalized spacial score (nSPS) is 19.5. The summed E-state index contributed by atoms with van der Waals surface area (Å²) in [6.45, 7) is 2.06. The van der Waals surface area contributed by atoms with Crippen molar-refractivity contribution in [3.8, 4) is 11.4 Å². The molecule has 0 spiro atoms. The van der Waals surface area contributed by atoms with Crippen molar-refractivity contribution >= 4 is 17.2 Å². The van der Waals surface area contributed by atoms with Crippen LogP contribution in [0.4, 0.5) is 13.2 Å². The number of benzene rings is 2. The van der Waals surface area contributed by atoms with E-state index in [9.17, 15) is 18.0 Å². The van der Waals surface area contributed by atoms with Gasteiger partial charge in [-0.15, -0.1) is 13.2 Å². The van der Waals surface area contributed by atoms with Crippen LogP contribution in [0.25, 0.3) is 16.6 Å². The molecule has 7 heteroatoms. The Morgan fingerprint density at radius 1 is 1.23 bits per heavy atom. The molecule has 0 saturated heterocycles. The maximum absolute atomic E-state index is 12.6. The van der Waals surface area contributed by atoms with Gasteiger partial charge in [-0.1, -0.05) is 6.92 Å². The molecular weight excluding hydrogens is 345 g/mol. The third kappa shape index (κ3) is 3.05. The molecule has 1 saturated carbocycles. The highest BCUT2D eigenvalue weighted by atomic mass is 19.4. The third-order valence-electron chi connectivity index (χ3n) is 4.70. The summed E-state index contributed by atoms with van der Waals surface area (Å²) in [5.74, 6) is 0.351. The van der Waals surface area contributed by atoms with E-state index in [0.29, 0.717) is 11.5 Å². The number of hydrogen-bond acceptors (Lipinski definition) is 3. The number of fused-ring (bicyclic) bond motifs is 1. The molecule has 2 aromatic carbocycles. The zero-order valence-corrected chi connectivity index (χ0v) is 13.8. The molecule has 4 rings (SSSR count). The van der Waals surface area contributed by atoms with Gasteiger partial charge in [0.1, 0.15) is 12.0 Å². The molecule has 1 unspecified atom stereocenters. The Morgan fingerprint density at radius 2 is 2.00 bits per heavy atom. The lowest BCUT2D eigenvalue weighted by Gasteiger charge is -2.14. The predicted octanol–water partition coefficient (Wildman–Crippen LogP) is 4.86. The number of nitrogens with zero attached hydrogens (tertiary/aromatic N) is 2. The van der Waals surface area contributed by atoms with E-state index in [-0.39, 0.29) is 11.7 Å². The number of hydrogen-bond donors (Lipinski definition) is 0. The highest BCUT2D eigenvalue weighted by molar-refractivity contribution is 5.87. The molecule has 1 fully saturated rings. The van der Waals surface area contributed by atoms with Crippen LogP contribution in [-0.2, 0) is 0 Å². The minimum absolute atomic E-state index is 0.176. The van der Waals surface area contributed by atoms with Gasteiger partial charge in [-0.2, -0.15) is 5.10 Å². The number of aldehydes is 1. The highest BCUT2D eigenvalue weighted by Gasteiger charge is 2.37. The molecule has 0 bridgehead atoms. The smallest absolute Gasteiger partial charge is 0.406 e. The van der Waals surface area contributed by atoms with Crippen molar-refractivity contribution in [1.82, 2.24) is 9.78 Å². The zero-order chi connectivity index (χ0) is 18.5. The number of carbonyl (C=O) groups is 1. The Morgan fingerprint density at radius 3 is 2.65 bits per heavy atom. The van der Waals surface area contributed by atoms with Crippen LogP contribution >= 0.6 is 0 Å². The van der Waals surface area contributed by atoms with E-state index in [1.807, 2.05) is 0 Å². The van der Waals surface area contributed by atoms with Gasteiger partial charge in [0.15, 0.2) is 0 Å². The van der Waals surface area contributed by atoms with Gasteiger partial charge in [0.25, 0.3) is 0 Å². The van der Waals surface area contributed by atoms with E-state index in [1.54, 1.807) is 35.1 Å². The van der Waals surface area contributed by atoms with Crippen molar-refractivity contribution in [3.05, 3.63) is 53.7 Å². The van der Waals surface area contributed by atoms with Crippen LogP contribution in [-0.4, -0.2) is 22.4 Å². The molecule has 1 heterocycles. The minimum Gasteiger partial charge on any atom is -0.406 e. The van der Waals surface area contributed by atoms with E-state index < -0.39 is 6.36 Å². The molecule has 0 N–H and O–H groups in total. The number of ether oxygens (including phenoxy) is 1. The van der Waals surface area contributed by atoms with Gasteiger partial charge in [0.05, 0.1) is 17.4 Å². The van der Waals surface area contributed by atoms with Crippen molar-refractivity contribution in [1.29, 1.82) is 0 Å². The molecule has 4 nitrogen and oxygen atoms in total. The zero-order valence-electron chi connectivity index (χ0n) is 13.8. The third-order valence-corrected chi connectivity index (χ3v) is 4.70. The summed E-state index contributed by atoms with van der Waals surface area (Å²) in [7, 11) is 0. The average molecular weight is 360 g/mol. The molecule has 134 valence electrons. The van der Waals surface area contributed by atoms with Gasteiger partial charge in [-0.3, -0.25) is 4.79 Å². The van der Waals surface area contributed by atoms with Gasteiger partial charge in [-0.05, 0) is 60.2 Å². The fourth-order valence-corrected chi connectivity index (χ4v) is 3.29. The number of rotatable bonds is 4. The van der Waals surface area contributed by atoms with E-state index in [0.717, 1.165) is 34.9 Å². The standard InChI is InChI=1S/C19H15F3N2O2/c1-11-6-15(11)16-8-14(26-19(20,21)22)3-5-18(16)24-17-4-2-12(10-25)7-13(17)9-23-24/h2-5,7-11,15H,6H2,1H3/t11?,15-/m0/s1. The number of alkyl halides is 3. The Hall–Kier alpha value is -2.83. The fraction of sp³-hybridized carbons (Fsp3) is 0.263. The van der Waals surface area contributed by atoms with Crippen molar-refractivity contribution in [2.45, 2.75) is 25.6 Å². The Labute approximate surface area is 147 Å². The molecule has 2 atom stereocenters. The highest BCUT2D eigenvalue weighted by Crippen LogP contribution is 2.50. The van der Waals surface area contributed by atoms with Crippen molar-refractivity contribution in [2.24, 2.45) is 5.92 Å². The number of aromatic nitrogens is 2. The topological polar surface area (TPSA) is 44.1 Å². The quantitative estimate of drug-likeness (QED) is 0.624. The first-order chi connectivity index (χ1) is 12.4. The summed E-state index contributed by atoms with van der Waals surface area (Å²) in [4.78, 5) is 10.9. The second kappa shape index (κ2) is 5.86. The lowest BCUT2D eigenvalue weighted by Crippen LogP contribution is -2.17. The Kier molecular flexibility index (Phi) is 3.75. The van der Waals surface area contributed by atoms with E-state index in [4.69, 9.17) is 0 Å². The van der Waals surface area contributed by atoms with Crippen LogP contribution in [0.5, 0.6) is 5.75 Å². The van der Waals surface area contributed by atoms with Gasteiger partial charge in [0, 0.05) is 10.9 Å². The van der Waals surface area contributed by atoms with Gasteiger partial charge in [0.2, 0.25) is 0 Å². The molecule has 0 radical (unpaired) electrons. The Balaban J connectivity index is 1.82. The van der Waals surface area contributed by atoms with Crippen LogP contribution in [0.1, 0.15) is 35.2 Å². The maximum Gasteiger partial charge on any atom is 0.573 e. The summed E-state index contributed by atoms with van der Waals surface area (Å²) < 4.78 is 43.4. The first-order valence-electron chi connectivity index (χ1n) is 8.19. The number of carbonyl (C=O) groups excluding carboxylic acids is 1. The minimum atomic E-state index is -4.72. The van der Waals surface area contributed by atoms with E-state index in [1.165, 1.54) is 12.1 Å². The van der Waals surface area contributed by atoms with E-state index in [2.05, 4.69) is 16.8 Å². The molecule has 1 aliphatic rings. The number of halogens is 3. The molecule has 0 aliphatic heterocycles. The lowest BCUT2D eigenvalue weighted by atomic mass is 10.1. The van der Waals surface area contributed by atoms with Crippen molar-refractivity contribution < 1.29 is 22.7 Å². The molecule has 1 aliphatic carbocycles. The second-order valence-corrected chi connectivity index (χ2v) is 6.58. The fourth-order valence-electron chi connectivity index (χ4n) is 3.29. The molecule has 0 amide bonds. The van der Waals surface area contributed by atoms with Crippen LogP contribution in [0.15, 0.2) is 42.6 Å². The van der Waals surface area contributed by atoms with E-state index >= 15 is 0 Å². The summed E-state index contributed by atoms with van der Waals surface area (Å²) >= 11 is 0. The predicted molar refractivity (Wildman–Crippen MR) is 89.7 cm³/mol. The first-order valence-corrected chi connectivity index (χ1v) is 8.19. The average Bonchev–Trinajstić information content (AvgIpc) is 3.16. The molecular formula is C19H15F3N2O2. The molecule has 1 aromatic heterocycles. The summed E-state index contributed by atoms with van der Waals surface area (Å²) in [5, 5.41) is 5.17. The van der Waals surface area contributed by atoms with Crippen LogP contribution < -0.4 is 4.74 Å². The van der Waals surface area contributed by atoms with Crippen LogP contribution in [0.3, 0.4) is 0 Å². The maximum atomic E-state index is 12.6.